The maximum Gasteiger partial charge on any atom is 0.137 e. The molecule has 2 N–H and O–H groups in total. The number of hydrogen-bond donors (Lipinski definition) is 1. The lowest BCUT2D eigenvalue weighted by molar-refractivity contribution is 0.906. The van der Waals surface area contributed by atoms with Crippen LogP contribution in [0.15, 0.2) is 6.20 Å². The molecule has 1 aromatic heterocycles. The van der Waals surface area contributed by atoms with Crippen molar-refractivity contribution in [2.75, 3.05) is 18.5 Å². The van der Waals surface area contributed by atoms with Crippen molar-refractivity contribution in [2.24, 2.45) is 5.73 Å². The molecule has 4 nitrogen and oxygen atoms in total. The molecule has 0 fully saturated rings. The van der Waals surface area contributed by atoms with Crippen molar-refractivity contribution in [2.45, 2.75) is 13.5 Å². The number of aryl methyl sites for hydroxylation is 1. The summed E-state index contributed by atoms with van der Waals surface area (Å²) in [7, 11) is 1.89. The van der Waals surface area contributed by atoms with Crippen LogP contribution in [0.2, 0.25) is 0 Å². The molecule has 14 heavy (non-hydrogen) atoms. The lowest BCUT2D eigenvalue weighted by Gasteiger charge is -2.17. The minimum atomic E-state index is 0.421. The molecule has 74 valence electrons. The molecule has 0 aliphatic heterocycles. The van der Waals surface area contributed by atoms with Crippen molar-refractivity contribution < 1.29 is 0 Å². The zero-order chi connectivity index (χ0) is 10.6. The van der Waals surface area contributed by atoms with Gasteiger partial charge < -0.3 is 10.6 Å². The van der Waals surface area contributed by atoms with E-state index in [9.17, 15) is 0 Å². The SMILES string of the molecule is C#CCN(C)c1nc(C)ncc1CN. The lowest BCUT2D eigenvalue weighted by Crippen LogP contribution is -2.21. The summed E-state index contributed by atoms with van der Waals surface area (Å²) in [6, 6.07) is 0. The van der Waals surface area contributed by atoms with E-state index in [1.165, 1.54) is 0 Å². The highest BCUT2D eigenvalue weighted by Gasteiger charge is 2.07. The highest BCUT2D eigenvalue weighted by molar-refractivity contribution is 5.46. The minimum absolute atomic E-state index is 0.421. The molecule has 0 bridgehead atoms. The topological polar surface area (TPSA) is 55.0 Å². The second kappa shape index (κ2) is 4.58. The fourth-order valence-electron chi connectivity index (χ4n) is 1.17. The molecule has 0 radical (unpaired) electrons. The molecule has 0 atom stereocenters. The molecule has 0 aliphatic rings. The van der Waals surface area contributed by atoms with E-state index < -0.39 is 0 Å². The lowest BCUT2D eigenvalue weighted by atomic mass is 10.3. The number of aromatic nitrogens is 2. The average Bonchev–Trinajstić information content (AvgIpc) is 2.18. The molecule has 1 rings (SSSR count). The van der Waals surface area contributed by atoms with E-state index >= 15 is 0 Å². The fourth-order valence-corrected chi connectivity index (χ4v) is 1.17. The van der Waals surface area contributed by atoms with E-state index in [1.807, 2.05) is 18.9 Å². The molecule has 0 saturated heterocycles. The van der Waals surface area contributed by atoms with E-state index in [4.69, 9.17) is 12.2 Å². The molecule has 0 saturated carbocycles. The van der Waals surface area contributed by atoms with Gasteiger partial charge in [-0.05, 0) is 6.92 Å². The summed E-state index contributed by atoms with van der Waals surface area (Å²) in [5, 5.41) is 0. The summed E-state index contributed by atoms with van der Waals surface area (Å²) in [6.45, 7) is 2.78. The quantitative estimate of drug-likeness (QED) is 0.697. The van der Waals surface area contributed by atoms with E-state index in [0.29, 0.717) is 13.1 Å². The molecular weight excluding hydrogens is 176 g/mol. The van der Waals surface area contributed by atoms with Gasteiger partial charge >= 0.3 is 0 Å². The number of nitrogens with zero attached hydrogens (tertiary/aromatic N) is 3. The van der Waals surface area contributed by atoms with Crippen LogP contribution < -0.4 is 10.6 Å². The smallest absolute Gasteiger partial charge is 0.137 e. The highest BCUT2D eigenvalue weighted by atomic mass is 15.2. The summed E-state index contributed by atoms with van der Waals surface area (Å²) in [5.74, 6) is 4.10. The molecular formula is C10H14N4. The first-order chi connectivity index (χ1) is 6.69. The first kappa shape index (κ1) is 10.5. The van der Waals surface area contributed by atoms with Crippen LogP contribution in [0, 0.1) is 19.3 Å². The fraction of sp³-hybridized carbons (Fsp3) is 0.400. The van der Waals surface area contributed by atoms with Crippen LogP contribution in [0.25, 0.3) is 0 Å². The molecule has 1 heterocycles. The van der Waals surface area contributed by atoms with E-state index in [2.05, 4.69) is 15.9 Å². The second-order valence-corrected chi connectivity index (χ2v) is 3.03. The Hall–Kier alpha value is -1.60. The third-order valence-electron chi connectivity index (χ3n) is 1.87. The first-order valence-corrected chi connectivity index (χ1v) is 4.36. The predicted molar refractivity (Wildman–Crippen MR) is 56.8 cm³/mol. The zero-order valence-corrected chi connectivity index (χ0v) is 8.49. The van der Waals surface area contributed by atoms with E-state index in [0.717, 1.165) is 17.2 Å². The van der Waals surface area contributed by atoms with Gasteiger partial charge in [0.25, 0.3) is 0 Å². The van der Waals surface area contributed by atoms with Gasteiger partial charge in [-0.15, -0.1) is 6.42 Å². The van der Waals surface area contributed by atoms with Crippen molar-refractivity contribution in [1.82, 2.24) is 9.97 Å². The van der Waals surface area contributed by atoms with Gasteiger partial charge in [0, 0.05) is 25.4 Å². The number of anilines is 1. The summed E-state index contributed by atoms with van der Waals surface area (Å²) in [5.41, 5.74) is 6.49. The van der Waals surface area contributed by atoms with E-state index in [-0.39, 0.29) is 0 Å². The zero-order valence-electron chi connectivity index (χ0n) is 8.49. The second-order valence-electron chi connectivity index (χ2n) is 3.03. The van der Waals surface area contributed by atoms with Crippen LogP contribution in [-0.2, 0) is 6.54 Å². The van der Waals surface area contributed by atoms with Crippen LogP contribution >= 0.6 is 0 Å². The molecule has 4 heteroatoms. The van der Waals surface area contributed by atoms with Crippen molar-refractivity contribution >= 4 is 5.82 Å². The van der Waals surface area contributed by atoms with Gasteiger partial charge in [-0.3, -0.25) is 0 Å². The summed E-state index contributed by atoms with van der Waals surface area (Å²) in [6.07, 6.45) is 6.97. The Morgan fingerprint density at radius 2 is 2.36 bits per heavy atom. The Morgan fingerprint density at radius 3 is 2.93 bits per heavy atom. The van der Waals surface area contributed by atoms with Gasteiger partial charge in [0.15, 0.2) is 0 Å². The monoisotopic (exact) mass is 190 g/mol. The molecule has 0 aliphatic carbocycles. The minimum Gasteiger partial charge on any atom is -0.348 e. The summed E-state index contributed by atoms with van der Waals surface area (Å²) >= 11 is 0. The van der Waals surface area contributed by atoms with Crippen molar-refractivity contribution in [3.05, 3.63) is 17.6 Å². The summed E-state index contributed by atoms with van der Waals surface area (Å²) < 4.78 is 0. The largest absolute Gasteiger partial charge is 0.348 e. The predicted octanol–water partition coefficient (Wildman–Crippen LogP) is 0.313. The standard InChI is InChI=1S/C10H14N4/c1-4-5-14(3)10-9(6-11)7-12-8(2)13-10/h1,7H,5-6,11H2,2-3H3. The van der Waals surface area contributed by atoms with Crippen LogP contribution in [0.1, 0.15) is 11.4 Å². The first-order valence-electron chi connectivity index (χ1n) is 4.36. The third kappa shape index (κ3) is 2.21. The van der Waals surface area contributed by atoms with Crippen molar-refractivity contribution in [3.8, 4) is 12.3 Å². The average molecular weight is 190 g/mol. The van der Waals surface area contributed by atoms with Gasteiger partial charge in [0.2, 0.25) is 0 Å². The number of terminal acetylenes is 1. The van der Waals surface area contributed by atoms with Crippen LogP contribution in [0.4, 0.5) is 5.82 Å². The number of hydrogen-bond acceptors (Lipinski definition) is 4. The highest BCUT2D eigenvalue weighted by Crippen LogP contribution is 2.14. The van der Waals surface area contributed by atoms with Crippen molar-refractivity contribution in [3.63, 3.8) is 0 Å². The summed E-state index contributed by atoms with van der Waals surface area (Å²) in [4.78, 5) is 10.3. The van der Waals surface area contributed by atoms with Crippen LogP contribution in [-0.4, -0.2) is 23.6 Å². The molecule has 1 aromatic rings. The maximum absolute atomic E-state index is 5.58. The van der Waals surface area contributed by atoms with Crippen LogP contribution in [0.5, 0.6) is 0 Å². The van der Waals surface area contributed by atoms with Gasteiger partial charge in [-0.2, -0.15) is 0 Å². The Kier molecular flexibility index (Phi) is 3.43. The number of nitrogens with two attached hydrogens (primary N) is 1. The number of rotatable bonds is 3. The molecule has 0 spiro atoms. The maximum atomic E-state index is 5.58. The van der Waals surface area contributed by atoms with Gasteiger partial charge in [-0.1, -0.05) is 5.92 Å². The molecule has 0 unspecified atom stereocenters. The molecule has 0 amide bonds. The van der Waals surface area contributed by atoms with Gasteiger partial charge in [-0.25, -0.2) is 9.97 Å². The van der Waals surface area contributed by atoms with E-state index in [1.54, 1.807) is 6.20 Å². The molecule has 0 aromatic carbocycles. The van der Waals surface area contributed by atoms with Crippen LogP contribution in [0.3, 0.4) is 0 Å². The van der Waals surface area contributed by atoms with Crippen molar-refractivity contribution in [1.29, 1.82) is 0 Å². The Bertz CT molecular complexity index is 354. The Balaban J connectivity index is 3.04. The Labute approximate surface area is 84.2 Å². The Morgan fingerprint density at radius 1 is 1.64 bits per heavy atom. The normalized spacial score (nSPS) is 9.57. The third-order valence-corrected chi connectivity index (χ3v) is 1.87. The van der Waals surface area contributed by atoms with Gasteiger partial charge in [0.1, 0.15) is 11.6 Å². The van der Waals surface area contributed by atoms with Gasteiger partial charge in [0.05, 0.1) is 6.54 Å².